The fourth-order valence-corrected chi connectivity index (χ4v) is 6.57. The molecule has 8 aromatic rings. The van der Waals surface area contributed by atoms with Crippen LogP contribution in [0.5, 0.6) is 0 Å². The summed E-state index contributed by atoms with van der Waals surface area (Å²) < 4.78 is 1.21. The minimum Gasteiger partial charge on any atom is -0.208 e. The first-order chi connectivity index (χ1) is 21.3. The monoisotopic (exact) mass is 567 g/mol. The largest absolute Gasteiger partial charge is 0.208 e. The molecule has 0 saturated carbocycles. The summed E-state index contributed by atoms with van der Waals surface area (Å²) in [6.45, 7) is 0. The SMILES string of the molecule is c1ccc(-c2ccc3cc(-c4nc(-c5cc6ccccc6s5)nc(-c5ccccc5-c5ccccc5)n4)ccc3c2)cc1. The second-order valence-electron chi connectivity index (χ2n) is 10.5. The Morgan fingerprint density at radius 1 is 0.349 bits per heavy atom. The number of fused-ring (bicyclic) bond motifs is 2. The first-order valence-corrected chi connectivity index (χ1v) is 15.1. The van der Waals surface area contributed by atoms with E-state index in [2.05, 4.69) is 133 Å². The van der Waals surface area contributed by atoms with E-state index >= 15 is 0 Å². The number of thiophene rings is 1. The third-order valence-corrected chi connectivity index (χ3v) is 8.85. The highest BCUT2D eigenvalue weighted by Crippen LogP contribution is 2.36. The van der Waals surface area contributed by atoms with E-state index in [4.69, 9.17) is 15.0 Å². The minimum absolute atomic E-state index is 0.661. The molecular formula is C39H25N3S. The highest BCUT2D eigenvalue weighted by molar-refractivity contribution is 7.22. The second-order valence-corrected chi connectivity index (χ2v) is 11.6. The maximum absolute atomic E-state index is 5.09. The Kier molecular flexibility index (Phi) is 6.32. The Labute approximate surface area is 253 Å². The lowest BCUT2D eigenvalue weighted by molar-refractivity contribution is 1.08. The summed E-state index contributed by atoms with van der Waals surface area (Å²) in [7, 11) is 0. The zero-order valence-corrected chi connectivity index (χ0v) is 24.0. The topological polar surface area (TPSA) is 38.7 Å². The molecule has 4 heteroatoms. The summed E-state index contributed by atoms with van der Waals surface area (Å²) in [6, 6.07) is 52.9. The van der Waals surface area contributed by atoms with Gasteiger partial charge in [0.15, 0.2) is 17.5 Å². The first-order valence-electron chi connectivity index (χ1n) is 14.3. The number of aromatic nitrogens is 3. The maximum atomic E-state index is 5.09. The Morgan fingerprint density at radius 2 is 0.930 bits per heavy atom. The van der Waals surface area contributed by atoms with E-state index in [0.29, 0.717) is 17.5 Å². The van der Waals surface area contributed by atoms with Crippen LogP contribution in [0, 0.1) is 0 Å². The van der Waals surface area contributed by atoms with Gasteiger partial charge in [-0.05, 0) is 62.7 Å². The van der Waals surface area contributed by atoms with Crippen LogP contribution in [0.2, 0.25) is 0 Å². The molecule has 0 unspecified atom stereocenters. The van der Waals surface area contributed by atoms with E-state index in [1.807, 2.05) is 18.2 Å². The van der Waals surface area contributed by atoms with Gasteiger partial charge in [-0.2, -0.15) is 0 Å². The van der Waals surface area contributed by atoms with Crippen molar-refractivity contribution in [2.45, 2.75) is 0 Å². The molecule has 0 aliphatic rings. The van der Waals surface area contributed by atoms with Gasteiger partial charge in [-0.25, -0.2) is 15.0 Å². The van der Waals surface area contributed by atoms with Gasteiger partial charge >= 0.3 is 0 Å². The van der Waals surface area contributed by atoms with Crippen LogP contribution in [0.15, 0.2) is 152 Å². The van der Waals surface area contributed by atoms with E-state index in [-0.39, 0.29) is 0 Å². The Bertz CT molecular complexity index is 2200. The molecule has 6 aromatic carbocycles. The van der Waals surface area contributed by atoms with Gasteiger partial charge in [0.1, 0.15) is 0 Å². The standard InChI is InChI=1S/C39H25N3S/c1-3-11-26(12-4-1)28-19-20-30-24-32(22-21-29(30)23-28)37-40-38(34-17-9-8-16-33(34)27-13-5-2-6-14-27)42-39(41-37)36-25-31-15-7-10-18-35(31)43-36/h1-25H. The molecule has 0 fully saturated rings. The highest BCUT2D eigenvalue weighted by atomic mass is 32.1. The van der Waals surface area contributed by atoms with Crippen LogP contribution < -0.4 is 0 Å². The first kappa shape index (κ1) is 25.3. The molecule has 0 atom stereocenters. The van der Waals surface area contributed by atoms with E-state index in [0.717, 1.165) is 32.5 Å². The third-order valence-electron chi connectivity index (χ3n) is 7.74. The molecule has 43 heavy (non-hydrogen) atoms. The summed E-state index contributed by atoms with van der Waals surface area (Å²) in [5.41, 5.74) is 6.57. The number of hydrogen-bond donors (Lipinski definition) is 0. The fourth-order valence-electron chi connectivity index (χ4n) is 5.57. The Morgan fingerprint density at radius 3 is 1.70 bits per heavy atom. The molecule has 0 bridgehead atoms. The second kappa shape index (κ2) is 10.8. The van der Waals surface area contributed by atoms with Gasteiger partial charge in [0.2, 0.25) is 0 Å². The molecule has 8 rings (SSSR count). The van der Waals surface area contributed by atoms with Gasteiger partial charge in [0.25, 0.3) is 0 Å². The van der Waals surface area contributed by atoms with Gasteiger partial charge in [-0.1, -0.05) is 127 Å². The van der Waals surface area contributed by atoms with Crippen molar-refractivity contribution in [2.24, 2.45) is 0 Å². The van der Waals surface area contributed by atoms with E-state index in [1.165, 1.54) is 26.6 Å². The molecule has 0 N–H and O–H groups in total. The molecule has 2 aromatic heterocycles. The summed E-state index contributed by atoms with van der Waals surface area (Å²) in [6.07, 6.45) is 0. The normalized spacial score (nSPS) is 11.3. The van der Waals surface area contributed by atoms with Crippen molar-refractivity contribution < 1.29 is 0 Å². The van der Waals surface area contributed by atoms with E-state index < -0.39 is 0 Å². The van der Waals surface area contributed by atoms with Crippen molar-refractivity contribution in [3.8, 4) is 55.7 Å². The summed E-state index contributed by atoms with van der Waals surface area (Å²) >= 11 is 1.71. The van der Waals surface area contributed by atoms with Gasteiger partial charge in [-0.3, -0.25) is 0 Å². The molecule has 0 spiro atoms. The van der Waals surface area contributed by atoms with Crippen molar-refractivity contribution in [1.82, 2.24) is 15.0 Å². The van der Waals surface area contributed by atoms with Gasteiger partial charge in [0, 0.05) is 15.8 Å². The number of rotatable bonds is 5. The van der Waals surface area contributed by atoms with E-state index in [1.54, 1.807) is 11.3 Å². The molecule has 0 radical (unpaired) electrons. The summed E-state index contributed by atoms with van der Waals surface area (Å²) in [5.74, 6) is 2.01. The molecular weight excluding hydrogens is 543 g/mol. The fraction of sp³-hybridized carbons (Fsp3) is 0. The molecule has 0 aliphatic heterocycles. The van der Waals surface area contributed by atoms with Crippen molar-refractivity contribution in [3.05, 3.63) is 152 Å². The van der Waals surface area contributed by atoms with Gasteiger partial charge < -0.3 is 0 Å². The zero-order chi connectivity index (χ0) is 28.6. The lowest BCUT2D eigenvalue weighted by Gasteiger charge is -2.12. The van der Waals surface area contributed by atoms with Crippen LogP contribution in [0.3, 0.4) is 0 Å². The highest BCUT2D eigenvalue weighted by Gasteiger charge is 2.17. The van der Waals surface area contributed by atoms with Crippen LogP contribution in [0.1, 0.15) is 0 Å². The van der Waals surface area contributed by atoms with Gasteiger partial charge in [-0.15, -0.1) is 11.3 Å². The van der Waals surface area contributed by atoms with Crippen LogP contribution in [-0.4, -0.2) is 15.0 Å². The molecule has 0 saturated heterocycles. The molecule has 0 amide bonds. The summed E-state index contributed by atoms with van der Waals surface area (Å²) in [4.78, 5) is 16.3. The number of nitrogens with zero attached hydrogens (tertiary/aromatic N) is 3. The van der Waals surface area contributed by atoms with Crippen LogP contribution in [0.25, 0.3) is 76.6 Å². The summed E-state index contributed by atoms with van der Waals surface area (Å²) in [5, 5.41) is 3.52. The van der Waals surface area contributed by atoms with Crippen LogP contribution in [-0.2, 0) is 0 Å². The zero-order valence-electron chi connectivity index (χ0n) is 23.2. The van der Waals surface area contributed by atoms with Crippen molar-refractivity contribution in [1.29, 1.82) is 0 Å². The van der Waals surface area contributed by atoms with E-state index in [9.17, 15) is 0 Å². The average molecular weight is 568 g/mol. The lowest BCUT2D eigenvalue weighted by Crippen LogP contribution is -2.00. The number of benzene rings is 6. The predicted octanol–water partition coefficient (Wildman–Crippen LogP) is 10.6. The van der Waals surface area contributed by atoms with Crippen molar-refractivity contribution >= 4 is 32.2 Å². The molecule has 0 aliphatic carbocycles. The smallest absolute Gasteiger partial charge is 0.174 e. The molecule has 202 valence electrons. The van der Waals surface area contributed by atoms with Crippen molar-refractivity contribution in [2.75, 3.05) is 0 Å². The predicted molar refractivity (Wildman–Crippen MR) is 180 cm³/mol. The van der Waals surface area contributed by atoms with Crippen LogP contribution in [0.4, 0.5) is 0 Å². The Balaban J connectivity index is 1.29. The maximum Gasteiger partial charge on any atom is 0.174 e. The molecule has 2 heterocycles. The average Bonchev–Trinajstić information content (AvgIpc) is 3.53. The Hall–Kier alpha value is -5.45. The minimum atomic E-state index is 0.661. The van der Waals surface area contributed by atoms with Crippen molar-refractivity contribution in [3.63, 3.8) is 0 Å². The van der Waals surface area contributed by atoms with Crippen LogP contribution >= 0.6 is 11.3 Å². The third kappa shape index (κ3) is 4.88. The lowest BCUT2D eigenvalue weighted by atomic mass is 9.99. The van der Waals surface area contributed by atoms with Gasteiger partial charge in [0.05, 0.1) is 4.88 Å². The number of hydrogen-bond acceptors (Lipinski definition) is 4. The quantitative estimate of drug-likeness (QED) is 0.208. The molecule has 3 nitrogen and oxygen atoms in total.